The van der Waals surface area contributed by atoms with Gasteiger partial charge >= 0.3 is 0 Å². The Kier molecular flexibility index (Phi) is 5.25. The lowest BCUT2D eigenvalue weighted by molar-refractivity contribution is 0.194. The lowest BCUT2D eigenvalue weighted by Gasteiger charge is -2.38. The summed E-state index contributed by atoms with van der Waals surface area (Å²) >= 11 is 3.22. The van der Waals surface area contributed by atoms with E-state index in [1.54, 1.807) is 29.4 Å². The predicted molar refractivity (Wildman–Crippen MR) is 106 cm³/mol. The molecule has 5 nitrogen and oxygen atoms in total. The summed E-state index contributed by atoms with van der Waals surface area (Å²) in [5.41, 5.74) is 1.26. The molecule has 0 amide bonds. The van der Waals surface area contributed by atoms with Crippen LogP contribution in [0, 0.1) is 11.6 Å². The molecule has 0 bridgehead atoms. The molecular formula is C18H19F2N5S2. The van der Waals surface area contributed by atoms with Crippen molar-refractivity contribution in [3.05, 3.63) is 41.7 Å². The van der Waals surface area contributed by atoms with E-state index >= 15 is 0 Å². The van der Waals surface area contributed by atoms with Gasteiger partial charge in [0.2, 0.25) is 0 Å². The van der Waals surface area contributed by atoms with E-state index in [-0.39, 0.29) is 6.04 Å². The summed E-state index contributed by atoms with van der Waals surface area (Å²) in [5, 5.41) is 0. The van der Waals surface area contributed by atoms with Crippen LogP contribution >= 0.6 is 23.1 Å². The second-order valence-electron chi connectivity index (χ2n) is 6.40. The Balaban J connectivity index is 1.50. The first kappa shape index (κ1) is 18.5. The van der Waals surface area contributed by atoms with Gasteiger partial charge < -0.3 is 4.90 Å². The van der Waals surface area contributed by atoms with Gasteiger partial charge in [0.25, 0.3) is 0 Å². The Bertz CT molecular complexity index is 956. The molecule has 27 heavy (non-hydrogen) atoms. The fraction of sp³-hybridized carbons (Fsp3) is 0.389. The number of thiazole rings is 1. The summed E-state index contributed by atoms with van der Waals surface area (Å²) in [4.78, 5) is 17.7. The minimum atomic E-state index is -0.546. The van der Waals surface area contributed by atoms with Crippen LogP contribution in [0.4, 0.5) is 14.6 Å². The van der Waals surface area contributed by atoms with Gasteiger partial charge in [0.05, 0.1) is 0 Å². The SMILES string of the molecule is CSc1nc2ncnc(N3CCN(C(C)c4ccc(F)cc4F)CC3)c2s1. The van der Waals surface area contributed by atoms with Gasteiger partial charge in [-0.2, -0.15) is 0 Å². The number of hydrogen-bond donors (Lipinski definition) is 0. The van der Waals surface area contributed by atoms with Crippen LogP contribution in [0.5, 0.6) is 0 Å². The van der Waals surface area contributed by atoms with Crippen molar-refractivity contribution in [3.63, 3.8) is 0 Å². The summed E-state index contributed by atoms with van der Waals surface area (Å²) in [5.74, 6) is -0.120. The lowest BCUT2D eigenvalue weighted by atomic mass is 10.1. The maximum Gasteiger partial charge on any atom is 0.176 e. The molecule has 3 heterocycles. The summed E-state index contributed by atoms with van der Waals surface area (Å²) < 4.78 is 29.3. The van der Waals surface area contributed by atoms with Crippen molar-refractivity contribution in [1.82, 2.24) is 19.9 Å². The van der Waals surface area contributed by atoms with Crippen molar-refractivity contribution < 1.29 is 8.78 Å². The van der Waals surface area contributed by atoms with Crippen molar-refractivity contribution >= 4 is 39.3 Å². The molecule has 9 heteroatoms. The molecule has 0 N–H and O–H groups in total. The van der Waals surface area contributed by atoms with Crippen LogP contribution in [0.2, 0.25) is 0 Å². The standard InChI is InChI=1S/C18H19F2N5S2/c1-11(13-4-3-12(19)9-14(13)20)24-5-7-25(8-6-24)17-15-16(21-10-22-17)23-18(26-2)27-15/h3-4,9-11H,5-8H2,1-2H3. The average molecular weight is 408 g/mol. The van der Waals surface area contributed by atoms with Crippen molar-refractivity contribution in [2.24, 2.45) is 0 Å². The Morgan fingerprint density at radius 3 is 2.63 bits per heavy atom. The van der Waals surface area contributed by atoms with Crippen LogP contribution in [0.1, 0.15) is 18.5 Å². The first-order valence-corrected chi connectivity index (χ1v) is 10.7. The Morgan fingerprint density at radius 1 is 1.15 bits per heavy atom. The fourth-order valence-electron chi connectivity index (χ4n) is 3.39. The number of hydrogen-bond acceptors (Lipinski definition) is 7. The maximum atomic E-state index is 14.1. The van der Waals surface area contributed by atoms with E-state index in [1.165, 1.54) is 12.1 Å². The van der Waals surface area contributed by atoms with Crippen LogP contribution < -0.4 is 4.90 Å². The molecule has 1 aromatic carbocycles. The number of anilines is 1. The quantitative estimate of drug-likeness (QED) is 0.610. The molecule has 3 aromatic rings. The number of piperazine rings is 1. The van der Waals surface area contributed by atoms with Gasteiger partial charge in [-0.15, -0.1) is 11.3 Å². The van der Waals surface area contributed by atoms with E-state index in [2.05, 4.69) is 24.8 Å². The number of thioether (sulfide) groups is 1. The highest BCUT2D eigenvalue weighted by molar-refractivity contribution is 8.00. The van der Waals surface area contributed by atoms with Crippen LogP contribution in [0.25, 0.3) is 10.3 Å². The molecule has 2 aromatic heterocycles. The summed E-state index contributed by atoms with van der Waals surface area (Å²) in [7, 11) is 0. The zero-order valence-corrected chi connectivity index (χ0v) is 16.7. The molecule has 1 atom stereocenters. The smallest absolute Gasteiger partial charge is 0.176 e. The Hall–Kier alpha value is -1.84. The first-order valence-electron chi connectivity index (χ1n) is 8.66. The fourth-order valence-corrected chi connectivity index (χ4v) is 4.92. The summed E-state index contributed by atoms with van der Waals surface area (Å²) in [6.07, 6.45) is 3.56. The van der Waals surface area contributed by atoms with Crippen LogP contribution in [0.3, 0.4) is 0 Å². The van der Waals surface area contributed by atoms with Gasteiger partial charge in [0.1, 0.15) is 22.7 Å². The number of nitrogens with zero attached hydrogens (tertiary/aromatic N) is 5. The topological polar surface area (TPSA) is 45.2 Å². The third kappa shape index (κ3) is 3.63. The Labute approximate surface area is 164 Å². The highest BCUT2D eigenvalue weighted by Gasteiger charge is 2.26. The Morgan fingerprint density at radius 2 is 1.93 bits per heavy atom. The van der Waals surface area contributed by atoms with E-state index in [9.17, 15) is 8.78 Å². The third-order valence-corrected chi connectivity index (χ3v) is 6.93. The van der Waals surface area contributed by atoms with E-state index in [1.807, 2.05) is 13.2 Å². The normalized spacial score (nSPS) is 16.8. The summed E-state index contributed by atoms with van der Waals surface area (Å²) in [6.45, 7) is 5.08. The van der Waals surface area contributed by atoms with Gasteiger partial charge in [-0.25, -0.2) is 23.7 Å². The van der Waals surface area contributed by atoms with Crippen molar-refractivity contribution in [1.29, 1.82) is 0 Å². The molecule has 1 aliphatic rings. The van der Waals surface area contributed by atoms with Gasteiger partial charge in [0, 0.05) is 43.9 Å². The zero-order chi connectivity index (χ0) is 19.0. The molecule has 1 saturated heterocycles. The molecular weight excluding hydrogens is 388 g/mol. The van der Waals surface area contributed by atoms with E-state index < -0.39 is 11.6 Å². The van der Waals surface area contributed by atoms with Crippen LogP contribution in [-0.4, -0.2) is 52.3 Å². The minimum Gasteiger partial charge on any atom is -0.353 e. The maximum absolute atomic E-state index is 14.1. The monoisotopic (exact) mass is 407 g/mol. The minimum absolute atomic E-state index is 0.107. The summed E-state index contributed by atoms with van der Waals surface area (Å²) in [6, 6.07) is 3.70. The molecule has 0 radical (unpaired) electrons. The van der Waals surface area contributed by atoms with Gasteiger partial charge in [0.15, 0.2) is 15.8 Å². The molecule has 1 aliphatic heterocycles. The number of halogens is 2. The number of benzene rings is 1. The second kappa shape index (κ2) is 7.65. The zero-order valence-electron chi connectivity index (χ0n) is 15.0. The molecule has 142 valence electrons. The van der Waals surface area contributed by atoms with Gasteiger partial charge in [-0.05, 0) is 19.2 Å². The van der Waals surface area contributed by atoms with Crippen LogP contribution in [-0.2, 0) is 0 Å². The molecule has 0 spiro atoms. The highest BCUT2D eigenvalue weighted by Crippen LogP contribution is 2.33. The molecule has 0 saturated carbocycles. The molecule has 1 fully saturated rings. The molecule has 1 unspecified atom stereocenters. The number of rotatable bonds is 4. The lowest BCUT2D eigenvalue weighted by Crippen LogP contribution is -2.47. The number of fused-ring (bicyclic) bond motifs is 1. The molecule has 0 aliphatic carbocycles. The van der Waals surface area contributed by atoms with Crippen molar-refractivity contribution in [2.75, 3.05) is 37.3 Å². The third-order valence-electron chi connectivity index (χ3n) is 4.90. The highest BCUT2D eigenvalue weighted by atomic mass is 32.2. The molecule has 4 rings (SSSR count). The van der Waals surface area contributed by atoms with Crippen molar-refractivity contribution in [2.45, 2.75) is 17.3 Å². The van der Waals surface area contributed by atoms with E-state index in [0.29, 0.717) is 5.56 Å². The van der Waals surface area contributed by atoms with Gasteiger partial charge in [-0.3, -0.25) is 4.90 Å². The number of aromatic nitrogens is 3. The van der Waals surface area contributed by atoms with E-state index in [4.69, 9.17) is 0 Å². The van der Waals surface area contributed by atoms with Crippen molar-refractivity contribution in [3.8, 4) is 0 Å². The first-order chi connectivity index (χ1) is 13.1. The van der Waals surface area contributed by atoms with Gasteiger partial charge in [-0.1, -0.05) is 17.8 Å². The van der Waals surface area contributed by atoms with E-state index in [0.717, 1.165) is 52.8 Å². The second-order valence-corrected chi connectivity index (χ2v) is 8.45. The largest absolute Gasteiger partial charge is 0.353 e. The van der Waals surface area contributed by atoms with Crippen LogP contribution in [0.15, 0.2) is 28.9 Å². The predicted octanol–water partition coefficient (Wildman–Crippen LogP) is 3.97. The average Bonchev–Trinajstić information content (AvgIpc) is 3.11.